The predicted octanol–water partition coefficient (Wildman–Crippen LogP) is 4.31. The van der Waals surface area contributed by atoms with E-state index in [1.54, 1.807) is 0 Å². The van der Waals surface area contributed by atoms with E-state index in [0.717, 1.165) is 63.7 Å². The molecule has 1 aliphatic carbocycles. The van der Waals surface area contributed by atoms with E-state index in [2.05, 4.69) is 40.1 Å². The van der Waals surface area contributed by atoms with Crippen LogP contribution in [0.15, 0.2) is 60.7 Å². The maximum Gasteiger partial charge on any atom is 0.254 e. The summed E-state index contributed by atoms with van der Waals surface area (Å²) in [6.07, 6.45) is 5.92. The molecule has 2 heterocycles. The lowest BCUT2D eigenvalue weighted by Crippen LogP contribution is -2.59. The summed E-state index contributed by atoms with van der Waals surface area (Å²) in [5.74, 6) is 1.21. The largest absolute Gasteiger partial charge is 0.391 e. The van der Waals surface area contributed by atoms with Crippen LogP contribution in [0.1, 0.15) is 60.4 Å². The van der Waals surface area contributed by atoms with Crippen molar-refractivity contribution in [3.05, 3.63) is 71.8 Å². The van der Waals surface area contributed by atoms with Crippen molar-refractivity contribution in [2.75, 3.05) is 19.6 Å². The molecule has 0 bridgehead atoms. The number of hydrogen-bond acceptors (Lipinski definition) is 3. The predicted molar refractivity (Wildman–Crippen MR) is 123 cm³/mol. The molecular weight excluding hydrogens is 384 g/mol. The first-order valence-corrected chi connectivity index (χ1v) is 12.0. The fraction of sp³-hybridized carbons (Fsp3) is 0.519. The van der Waals surface area contributed by atoms with E-state index in [1.807, 2.05) is 30.3 Å². The van der Waals surface area contributed by atoms with Gasteiger partial charge in [0.25, 0.3) is 5.91 Å². The number of likely N-dealkylation sites (tertiary alicyclic amines) is 2. The third-order valence-electron chi connectivity index (χ3n) is 7.94. The molecule has 0 aromatic heterocycles. The Kier molecular flexibility index (Phi) is 6.10. The topological polar surface area (TPSA) is 43.8 Å². The van der Waals surface area contributed by atoms with Gasteiger partial charge in [-0.25, -0.2) is 0 Å². The van der Waals surface area contributed by atoms with Gasteiger partial charge in [0.1, 0.15) is 0 Å². The van der Waals surface area contributed by atoms with Crippen molar-refractivity contribution in [2.45, 2.75) is 62.6 Å². The van der Waals surface area contributed by atoms with E-state index in [4.69, 9.17) is 0 Å². The summed E-state index contributed by atoms with van der Waals surface area (Å²) in [7, 11) is 0. The number of nitrogens with zero attached hydrogens (tertiary/aromatic N) is 2. The molecule has 3 aliphatic rings. The average Bonchev–Trinajstić information content (AvgIpc) is 2.84. The molecule has 1 N–H and O–H groups in total. The van der Waals surface area contributed by atoms with Crippen LogP contribution in [0, 0.1) is 5.92 Å². The number of piperidine rings is 2. The molecule has 2 aliphatic heterocycles. The van der Waals surface area contributed by atoms with Gasteiger partial charge in [-0.3, -0.25) is 9.69 Å². The van der Waals surface area contributed by atoms with Crippen LogP contribution >= 0.6 is 0 Å². The maximum atomic E-state index is 13.3. The zero-order valence-electron chi connectivity index (χ0n) is 18.3. The molecular formula is C27H34N2O2. The molecule has 164 valence electrons. The second kappa shape index (κ2) is 9.13. The number of aliphatic hydroxyl groups is 1. The van der Waals surface area contributed by atoms with E-state index in [1.165, 1.54) is 5.56 Å². The van der Waals surface area contributed by atoms with Gasteiger partial charge in [-0.1, -0.05) is 48.5 Å². The van der Waals surface area contributed by atoms with Crippen LogP contribution in [0.2, 0.25) is 0 Å². The molecule has 4 nitrogen and oxygen atoms in total. The molecule has 1 amide bonds. The van der Waals surface area contributed by atoms with E-state index in [-0.39, 0.29) is 24.1 Å². The van der Waals surface area contributed by atoms with Gasteiger partial charge in [0.2, 0.25) is 0 Å². The summed E-state index contributed by atoms with van der Waals surface area (Å²) >= 11 is 0. The summed E-state index contributed by atoms with van der Waals surface area (Å²) < 4.78 is 0. The fourth-order valence-corrected chi connectivity index (χ4v) is 6.28. The normalized spacial score (nSPS) is 30.0. The number of aliphatic hydroxyl groups excluding tert-OH is 1. The molecule has 0 spiro atoms. The number of rotatable bonds is 3. The minimum absolute atomic E-state index is 0.160. The quantitative estimate of drug-likeness (QED) is 0.808. The van der Waals surface area contributed by atoms with Crippen molar-refractivity contribution in [1.29, 1.82) is 0 Å². The Bertz CT molecular complexity index is 863. The lowest BCUT2D eigenvalue weighted by molar-refractivity contribution is -0.0514. The number of carbonyl (C=O) groups is 1. The van der Waals surface area contributed by atoms with Gasteiger partial charge < -0.3 is 10.0 Å². The first kappa shape index (κ1) is 20.7. The number of amides is 1. The first-order chi connectivity index (χ1) is 15.2. The lowest BCUT2D eigenvalue weighted by Gasteiger charge is -2.51. The van der Waals surface area contributed by atoms with Gasteiger partial charge in [0.15, 0.2) is 0 Å². The van der Waals surface area contributed by atoms with Gasteiger partial charge in [-0.2, -0.15) is 0 Å². The molecule has 1 saturated carbocycles. The van der Waals surface area contributed by atoms with Crippen LogP contribution in [0.3, 0.4) is 0 Å². The molecule has 5 rings (SSSR count). The molecule has 4 atom stereocenters. The molecule has 2 saturated heterocycles. The zero-order chi connectivity index (χ0) is 21.2. The standard InChI is InChI=1S/C27H34N2O2/c30-26-18-23-12-7-15-29(27(31)22-10-5-2-6-11-22)24(23)19-25(26)28-16-13-21(14-17-28)20-8-3-1-4-9-20/h1-6,8-11,21,23-26,30H,7,12-19H2/t23?,24?,25-,26-/m1/s1. The van der Waals surface area contributed by atoms with Crippen LogP contribution in [-0.2, 0) is 0 Å². The minimum Gasteiger partial charge on any atom is -0.391 e. The van der Waals surface area contributed by atoms with Crippen LogP contribution < -0.4 is 0 Å². The summed E-state index contributed by atoms with van der Waals surface area (Å²) in [4.78, 5) is 17.9. The van der Waals surface area contributed by atoms with Crippen molar-refractivity contribution in [3.8, 4) is 0 Å². The molecule has 2 aromatic rings. The highest BCUT2D eigenvalue weighted by molar-refractivity contribution is 5.94. The Morgan fingerprint density at radius 2 is 1.48 bits per heavy atom. The van der Waals surface area contributed by atoms with Crippen LogP contribution in [0.5, 0.6) is 0 Å². The molecule has 2 aromatic carbocycles. The lowest BCUT2D eigenvalue weighted by atomic mass is 9.73. The van der Waals surface area contributed by atoms with Crippen LogP contribution in [-0.4, -0.2) is 58.6 Å². The van der Waals surface area contributed by atoms with E-state index in [0.29, 0.717) is 11.8 Å². The van der Waals surface area contributed by atoms with Crippen molar-refractivity contribution in [2.24, 2.45) is 5.92 Å². The Morgan fingerprint density at radius 3 is 2.19 bits per heavy atom. The second-order valence-electron chi connectivity index (χ2n) is 9.66. The van der Waals surface area contributed by atoms with Gasteiger partial charge >= 0.3 is 0 Å². The van der Waals surface area contributed by atoms with Gasteiger partial charge in [-0.15, -0.1) is 0 Å². The minimum atomic E-state index is -0.277. The fourth-order valence-electron chi connectivity index (χ4n) is 6.28. The molecule has 31 heavy (non-hydrogen) atoms. The maximum absolute atomic E-state index is 13.3. The number of benzene rings is 2. The third-order valence-corrected chi connectivity index (χ3v) is 7.94. The summed E-state index contributed by atoms with van der Waals surface area (Å²) in [5, 5.41) is 11.0. The Balaban J connectivity index is 1.27. The SMILES string of the molecule is O=C(c1ccccc1)N1CCCC2C[C@@H](O)[C@H](N3CCC(c4ccccc4)CC3)CC21. The number of hydrogen-bond donors (Lipinski definition) is 1. The molecule has 3 fully saturated rings. The van der Waals surface area contributed by atoms with Gasteiger partial charge in [0, 0.05) is 24.2 Å². The Labute approximate surface area is 185 Å². The van der Waals surface area contributed by atoms with Crippen molar-refractivity contribution in [3.63, 3.8) is 0 Å². The summed E-state index contributed by atoms with van der Waals surface area (Å²) in [5.41, 5.74) is 2.23. The summed E-state index contributed by atoms with van der Waals surface area (Å²) in [6, 6.07) is 21.0. The van der Waals surface area contributed by atoms with E-state index < -0.39 is 0 Å². The average molecular weight is 419 g/mol. The monoisotopic (exact) mass is 418 g/mol. The Morgan fingerprint density at radius 1 is 0.806 bits per heavy atom. The smallest absolute Gasteiger partial charge is 0.254 e. The van der Waals surface area contributed by atoms with E-state index in [9.17, 15) is 9.90 Å². The van der Waals surface area contributed by atoms with Crippen LogP contribution in [0.25, 0.3) is 0 Å². The highest BCUT2D eigenvalue weighted by atomic mass is 16.3. The summed E-state index contributed by atoms with van der Waals surface area (Å²) in [6.45, 7) is 2.91. The van der Waals surface area contributed by atoms with E-state index >= 15 is 0 Å². The van der Waals surface area contributed by atoms with Crippen molar-refractivity contribution in [1.82, 2.24) is 9.80 Å². The van der Waals surface area contributed by atoms with Gasteiger partial charge in [0.05, 0.1) is 6.10 Å². The Hall–Kier alpha value is -2.17. The number of carbonyl (C=O) groups excluding carboxylic acids is 1. The molecule has 0 radical (unpaired) electrons. The van der Waals surface area contributed by atoms with Crippen LogP contribution in [0.4, 0.5) is 0 Å². The number of fused-ring (bicyclic) bond motifs is 1. The highest BCUT2D eigenvalue weighted by Crippen LogP contribution is 2.39. The van der Waals surface area contributed by atoms with Gasteiger partial charge in [-0.05, 0) is 81.1 Å². The highest BCUT2D eigenvalue weighted by Gasteiger charge is 2.44. The van der Waals surface area contributed by atoms with Crippen molar-refractivity contribution >= 4 is 5.91 Å². The second-order valence-corrected chi connectivity index (χ2v) is 9.66. The molecule has 2 unspecified atom stereocenters. The zero-order valence-corrected chi connectivity index (χ0v) is 18.3. The third kappa shape index (κ3) is 4.28. The molecule has 4 heteroatoms. The first-order valence-electron chi connectivity index (χ1n) is 12.0. The van der Waals surface area contributed by atoms with Crippen molar-refractivity contribution < 1.29 is 9.90 Å².